The first-order valence-corrected chi connectivity index (χ1v) is 10.7. The molecule has 0 fully saturated rings. The highest BCUT2D eigenvalue weighted by molar-refractivity contribution is 6.33. The number of halogens is 2. The lowest BCUT2D eigenvalue weighted by atomic mass is 10.0. The van der Waals surface area contributed by atoms with Crippen LogP contribution in [-0.4, -0.2) is 30.5 Å². The van der Waals surface area contributed by atoms with E-state index in [0.717, 1.165) is 11.1 Å². The van der Waals surface area contributed by atoms with Crippen LogP contribution in [0.25, 0.3) is 44.9 Å². The zero-order valence-electron chi connectivity index (χ0n) is 18.0. The molecule has 3 heterocycles. The molecule has 2 aromatic carbocycles. The Kier molecular flexibility index (Phi) is 5.23. The minimum atomic E-state index is -0.975. The fraction of sp³-hybridized carbons (Fsp3) is 0.160. The zero-order valence-corrected chi connectivity index (χ0v) is 18.7. The molecule has 0 saturated carbocycles. The number of nitrogens with zero attached hydrogens (tertiary/aromatic N) is 4. The molecule has 0 amide bonds. The number of fused-ring (bicyclic) bond motifs is 1. The molecule has 0 spiro atoms. The number of aromatic nitrogens is 4. The zero-order chi connectivity index (χ0) is 23.2. The second kappa shape index (κ2) is 8.10. The molecule has 0 aliphatic heterocycles. The van der Waals surface area contributed by atoms with Crippen molar-refractivity contribution in [1.29, 1.82) is 0 Å². The van der Waals surface area contributed by atoms with Gasteiger partial charge in [0, 0.05) is 22.9 Å². The average molecular weight is 463 g/mol. The first-order valence-electron chi connectivity index (χ1n) is 10.3. The number of aliphatic hydroxyl groups is 1. The predicted octanol–water partition coefficient (Wildman–Crippen LogP) is 5.98. The van der Waals surface area contributed by atoms with Crippen LogP contribution in [0.3, 0.4) is 0 Å². The lowest BCUT2D eigenvalue weighted by molar-refractivity contribution is 0.0578. The highest BCUT2D eigenvalue weighted by Crippen LogP contribution is 2.38. The van der Waals surface area contributed by atoms with E-state index in [1.54, 1.807) is 36.7 Å². The molecule has 8 heteroatoms. The van der Waals surface area contributed by atoms with Crippen LogP contribution in [0.2, 0.25) is 5.02 Å². The third kappa shape index (κ3) is 4.25. The summed E-state index contributed by atoms with van der Waals surface area (Å²) in [6.07, 6.45) is 3.25. The van der Waals surface area contributed by atoms with Gasteiger partial charge in [-0.1, -0.05) is 23.7 Å². The monoisotopic (exact) mass is 462 g/mol. The fourth-order valence-electron chi connectivity index (χ4n) is 3.76. The standard InChI is InChI=1S/C25H20ClFN4O2/c1-25(2,32)13-31-12-19(22(30-31)15-7-9-16(27)10-8-15)23-18-11-21(33-24(18)29-14-28-23)17-5-3-4-6-20(17)26/h3-12,14,32H,13H2,1-2H3. The molecule has 0 saturated heterocycles. The van der Waals surface area contributed by atoms with Gasteiger partial charge in [0.05, 0.1) is 28.2 Å². The van der Waals surface area contributed by atoms with E-state index >= 15 is 0 Å². The molecule has 5 aromatic rings. The lowest BCUT2D eigenvalue weighted by Gasteiger charge is -2.16. The Labute approximate surface area is 194 Å². The summed E-state index contributed by atoms with van der Waals surface area (Å²) >= 11 is 6.36. The van der Waals surface area contributed by atoms with E-state index in [9.17, 15) is 9.50 Å². The van der Waals surface area contributed by atoms with Crippen LogP contribution < -0.4 is 0 Å². The molecule has 0 radical (unpaired) electrons. The maximum Gasteiger partial charge on any atom is 0.230 e. The number of hydrogen-bond donors (Lipinski definition) is 1. The third-order valence-corrected chi connectivity index (χ3v) is 5.48. The second-order valence-electron chi connectivity index (χ2n) is 8.44. The van der Waals surface area contributed by atoms with Crippen molar-refractivity contribution in [3.63, 3.8) is 0 Å². The molecule has 0 atom stereocenters. The summed E-state index contributed by atoms with van der Waals surface area (Å²) in [6, 6.07) is 15.4. The summed E-state index contributed by atoms with van der Waals surface area (Å²) < 4.78 is 21.2. The summed E-state index contributed by atoms with van der Waals surface area (Å²) in [5.41, 5.74) is 2.85. The van der Waals surface area contributed by atoms with Crippen molar-refractivity contribution in [1.82, 2.24) is 19.7 Å². The van der Waals surface area contributed by atoms with Crippen LogP contribution in [0.4, 0.5) is 4.39 Å². The quantitative estimate of drug-likeness (QED) is 0.347. The second-order valence-corrected chi connectivity index (χ2v) is 8.85. The van der Waals surface area contributed by atoms with Gasteiger partial charge in [0.1, 0.15) is 23.6 Å². The lowest BCUT2D eigenvalue weighted by Crippen LogP contribution is -2.26. The highest BCUT2D eigenvalue weighted by Gasteiger charge is 2.22. The van der Waals surface area contributed by atoms with Gasteiger partial charge in [-0.15, -0.1) is 0 Å². The summed E-state index contributed by atoms with van der Waals surface area (Å²) in [6.45, 7) is 3.69. The first kappa shape index (κ1) is 21.3. The maximum atomic E-state index is 13.6. The Morgan fingerprint density at radius 1 is 1.03 bits per heavy atom. The van der Waals surface area contributed by atoms with E-state index in [2.05, 4.69) is 15.1 Å². The summed E-state index contributed by atoms with van der Waals surface area (Å²) in [5, 5.41) is 16.3. The van der Waals surface area contributed by atoms with E-state index in [1.165, 1.54) is 18.5 Å². The first-order chi connectivity index (χ1) is 15.8. The van der Waals surface area contributed by atoms with Gasteiger partial charge in [0.15, 0.2) is 0 Å². The molecule has 5 rings (SSSR count). The topological polar surface area (TPSA) is 77.0 Å². The van der Waals surface area contributed by atoms with Crippen molar-refractivity contribution >= 4 is 22.7 Å². The van der Waals surface area contributed by atoms with E-state index in [4.69, 9.17) is 16.0 Å². The summed E-state index contributed by atoms with van der Waals surface area (Å²) in [5.74, 6) is 0.240. The van der Waals surface area contributed by atoms with Gasteiger partial charge < -0.3 is 9.52 Å². The van der Waals surface area contributed by atoms with Crippen molar-refractivity contribution in [2.75, 3.05) is 0 Å². The smallest absolute Gasteiger partial charge is 0.230 e. The Bertz CT molecular complexity index is 1450. The summed E-state index contributed by atoms with van der Waals surface area (Å²) in [4.78, 5) is 8.81. The van der Waals surface area contributed by atoms with Gasteiger partial charge >= 0.3 is 0 Å². The van der Waals surface area contributed by atoms with Crippen LogP contribution >= 0.6 is 11.6 Å². The number of hydrogen-bond acceptors (Lipinski definition) is 5. The van der Waals surface area contributed by atoms with Crippen LogP contribution in [0.5, 0.6) is 0 Å². The van der Waals surface area contributed by atoms with Crippen molar-refractivity contribution in [2.45, 2.75) is 26.0 Å². The molecule has 3 aromatic heterocycles. The van der Waals surface area contributed by atoms with Gasteiger partial charge in [0.25, 0.3) is 0 Å². The predicted molar refractivity (Wildman–Crippen MR) is 125 cm³/mol. The third-order valence-electron chi connectivity index (χ3n) is 5.15. The number of benzene rings is 2. The van der Waals surface area contributed by atoms with E-state index in [0.29, 0.717) is 38.8 Å². The van der Waals surface area contributed by atoms with Crippen molar-refractivity contribution < 1.29 is 13.9 Å². The van der Waals surface area contributed by atoms with E-state index in [1.807, 2.05) is 30.5 Å². The Hall–Kier alpha value is -3.55. The maximum absolute atomic E-state index is 13.6. The molecule has 6 nitrogen and oxygen atoms in total. The largest absolute Gasteiger partial charge is 0.438 e. The average Bonchev–Trinajstić information content (AvgIpc) is 3.37. The van der Waals surface area contributed by atoms with Crippen molar-refractivity contribution in [2.24, 2.45) is 0 Å². The minimum absolute atomic E-state index is 0.270. The molecule has 166 valence electrons. The van der Waals surface area contributed by atoms with Gasteiger partial charge in [0.2, 0.25) is 5.71 Å². The normalized spacial score (nSPS) is 11.9. The van der Waals surface area contributed by atoms with E-state index < -0.39 is 5.60 Å². The Balaban J connectivity index is 1.70. The molecular weight excluding hydrogens is 443 g/mol. The van der Waals surface area contributed by atoms with Gasteiger partial charge in [-0.3, -0.25) is 4.68 Å². The highest BCUT2D eigenvalue weighted by atomic mass is 35.5. The number of rotatable bonds is 5. The van der Waals surface area contributed by atoms with Crippen molar-refractivity contribution in [3.05, 3.63) is 78.0 Å². The van der Waals surface area contributed by atoms with Crippen LogP contribution in [0.1, 0.15) is 13.8 Å². The van der Waals surface area contributed by atoms with E-state index in [-0.39, 0.29) is 12.4 Å². The Morgan fingerprint density at radius 3 is 2.52 bits per heavy atom. The molecule has 0 aliphatic carbocycles. The Morgan fingerprint density at radius 2 is 1.79 bits per heavy atom. The summed E-state index contributed by atoms with van der Waals surface area (Å²) in [7, 11) is 0. The number of furan rings is 1. The fourth-order valence-corrected chi connectivity index (χ4v) is 3.99. The van der Waals surface area contributed by atoms with Crippen LogP contribution in [0.15, 0.2) is 71.5 Å². The molecule has 0 bridgehead atoms. The molecule has 0 aliphatic rings. The van der Waals surface area contributed by atoms with Crippen LogP contribution in [0, 0.1) is 5.82 Å². The van der Waals surface area contributed by atoms with Gasteiger partial charge in [-0.2, -0.15) is 5.10 Å². The SMILES string of the molecule is CC(C)(O)Cn1cc(-c2ncnc3oc(-c4ccccc4Cl)cc23)c(-c2ccc(F)cc2)n1. The van der Waals surface area contributed by atoms with Gasteiger partial charge in [-0.05, 0) is 56.3 Å². The molecular formula is C25H20ClFN4O2. The molecule has 1 N–H and O–H groups in total. The minimum Gasteiger partial charge on any atom is -0.438 e. The van der Waals surface area contributed by atoms with Gasteiger partial charge in [-0.25, -0.2) is 14.4 Å². The van der Waals surface area contributed by atoms with Crippen molar-refractivity contribution in [3.8, 4) is 33.8 Å². The molecule has 33 heavy (non-hydrogen) atoms. The molecule has 0 unspecified atom stereocenters. The van der Waals surface area contributed by atoms with Crippen LogP contribution in [-0.2, 0) is 6.54 Å².